The maximum atomic E-state index is 11.6. The summed E-state index contributed by atoms with van der Waals surface area (Å²) in [5.74, 6) is -0.0921. The van der Waals surface area contributed by atoms with E-state index >= 15 is 0 Å². The molecular formula is C11H14N4O3. The highest BCUT2D eigenvalue weighted by Gasteiger charge is 2.28. The molecule has 0 aromatic carbocycles. The number of anilines is 1. The first-order valence-corrected chi connectivity index (χ1v) is 5.68. The molecule has 0 saturated carbocycles. The number of nitrogens with one attached hydrogen (secondary N) is 1. The highest BCUT2D eigenvalue weighted by Crippen LogP contribution is 2.10. The Morgan fingerprint density at radius 3 is 2.61 bits per heavy atom. The van der Waals surface area contributed by atoms with Gasteiger partial charge in [-0.25, -0.2) is 4.98 Å². The lowest BCUT2D eigenvalue weighted by atomic mass is 10.4. The second kappa shape index (κ2) is 4.99. The van der Waals surface area contributed by atoms with Gasteiger partial charge in [0.2, 0.25) is 11.8 Å². The van der Waals surface area contributed by atoms with Crippen LogP contribution in [0.25, 0.3) is 0 Å². The molecule has 0 aliphatic carbocycles. The Kier molecular flexibility index (Phi) is 3.40. The van der Waals surface area contributed by atoms with Crippen LogP contribution in [-0.2, 0) is 16.6 Å². The summed E-state index contributed by atoms with van der Waals surface area (Å²) < 4.78 is 1.40. The van der Waals surface area contributed by atoms with E-state index in [-0.39, 0.29) is 42.6 Å². The molecule has 1 N–H and O–H groups in total. The van der Waals surface area contributed by atoms with E-state index in [0.29, 0.717) is 6.54 Å². The summed E-state index contributed by atoms with van der Waals surface area (Å²) >= 11 is 0. The zero-order chi connectivity index (χ0) is 13.1. The van der Waals surface area contributed by atoms with Crippen LogP contribution in [0.4, 0.5) is 5.82 Å². The van der Waals surface area contributed by atoms with E-state index in [0.717, 1.165) is 0 Å². The van der Waals surface area contributed by atoms with Gasteiger partial charge in [0.1, 0.15) is 0 Å². The molecule has 2 heterocycles. The molecule has 7 heteroatoms. The number of likely N-dealkylation sites (tertiary alicyclic amines) is 1. The highest BCUT2D eigenvalue weighted by molar-refractivity contribution is 6.01. The van der Waals surface area contributed by atoms with Gasteiger partial charge in [-0.15, -0.1) is 0 Å². The minimum absolute atomic E-state index is 0.157. The molecule has 0 bridgehead atoms. The van der Waals surface area contributed by atoms with Crippen LogP contribution >= 0.6 is 0 Å². The Morgan fingerprint density at radius 1 is 1.28 bits per heavy atom. The van der Waals surface area contributed by atoms with Crippen LogP contribution in [0.3, 0.4) is 0 Å². The van der Waals surface area contributed by atoms with E-state index in [1.165, 1.54) is 15.7 Å². The standard InChI is InChI=1S/C11H14N4O3/c1-14-6-4-12-10(11(14)18)13-5-7-15-8(16)2-3-9(15)17/h4,6H,2-3,5,7H2,1H3,(H,12,13). The zero-order valence-electron chi connectivity index (χ0n) is 10.0. The molecule has 0 radical (unpaired) electrons. The van der Waals surface area contributed by atoms with Gasteiger partial charge in [-0.3, -0.25) is 19.3 Å². The smallest absolute Gasteiger partial charge is 0.293 e. The van der Waals surface area contributed by atoms with Crippen molar-refractivity contribution in [3.63, 3.8) is 0 Å². The lowest BCUT2D eigenvalue weighted by Gasteiger charge is -2.14. The molecule has 18 heavy (non-hydrogen) atoms. The minimum Gasteiger partial charge on any atom is -0.364 e. The number of aryl methyl sites for hydroxylation is 1. The predicted octanol–water partition coefficient (Wildman–Crippen LogP) is -0.659. The Morgan fingerprint density at radius 2 is 1.94 bits per heavy atom. The fourth-order valence-corrected chi connectivity index (χ4v) is 1.78. The zero-order valence-corrected chi connectivity index (χ0v) is 10.0. The van der Waals surface area contributed by atoms with E-state index < -0.39 is 0 Å². The van der Waals surface area contributed by atoms with Crippen molar-refractivity contribution < 1.29 is 9.59 Å². The molecule has 0 unspecified atom stereocenters. The summed E-state index contributed by atoms with van der Waals surface area (Å²) in [4.78, 5) is 39.4. The van der Waals surface area contributed by atoms with Crippen LogP contribution in [0, 0.1) is 0 Å². The fraction of sp³-hybridized carbons (Fsp3) is 0.455. The van der Waals surface area contributed by atoms with E-state index in [1.807, 2.05) is 0 Å². The third-order valence-corrected chi connectivity index (χ3v) is 2.80. The maximum Gasteiger partial charge on any atom is 0.293 e. The predicted molar refractivity (Wildman–Crippen MR) is 63.9 cm³/mol. The lowest BCUT2D eigenvalue weighted by Crippen LogP contribution is -2.34. The topological polar surface area (TPSA) is 84.3 Å². The van der Waals surface area contributed by atoms with Crippen LogP contribution in [0.2, 0.25) is 0 Å². The van der Waals surface area contributed by atoms with Gasteiger partial charge >= 0.3 is 0 Å². The number of carbonyl (C=O) groups excluding carboxylic acids is 2. The molecule has 2 rings (SSSR count). The molecule has 1 aliphatic rings. The van der Waals surface area contributed by atoms with Gasteiger partial charge in [-0.2, -0.15) is 0 Å². The first-order valence-electron chi connectivity index (χ1n) is 5.68. The monoisotopic (exact) mass is 250 g/mol. The molecule has 0 atom stereocenters. The van der Waals surface area contributed by atoms with Crippen LogP contribution in [0.5, 0.6) is 0 Å². The molecular weight excluding hydrogens is 236 g/mol. The number of carbonyl (C=O) groups is 2. The van der Waals surface area contributed by atoms with Crippen molar-refractivity contribution in [1.82, 2.24) is 14.5 Å². The van der Waals surface area contributed by atoms with Gasteiger partial charge in [-0.1, -0.05) is 0 Å². The molecule has 1 aromatic heterocycles. The van der Waals surface area contributed by atoms with Crippen LogP contribution in [0.15, 0.2) is 17.2 Å². The van der Waals surface area contributed by atoms with Crippen molar-refractivity contribution in [2.45, 2.75) is 12.8 Å². The molecule has 96 valence electrons. The third-order valence-electron chi connectivity index (χ3n) is 2.80. The Hall–Kier alpha value is -2.18. The molecule has 1 saturated heterocycles. The minimum atomic E-state index is -0.239. The molecule has 0 spiro atoms. The second-order valence-electron chi connectivity index (χ2n) is 4.06. The van der Waals surface area contributed by atoms with Gasteiger partial charge in [0.15, 0.2) is 5.82 Å². The number of hydrogen-bond donors (Lipinski definition) is 1. The summed E-state index contributed by atoms with van der Waals surface area (Å²) in [6.07, 6.45) is 3.63. The average Bonchev–Trinajstić information content (AvgIpc) is 2.66. The lowest BCUT2D eigenvalue weighted by molar-refractivity contribution is -0.138. The van der Waals surface area contributed by atoms with Gasteiger partial charge < -0.3 is 9.88 Å². The summed E-state index contributed by atoms with van der Waals surface area (Å²) in [5.41, 5.74) is -0.239. The first kappa shape index (κ1) is 12.3. The molecule has 1 aliphatic heterocycles. The Balaban J connectivity index is 1.93. The van der Waals surface area contributed by atoms with Gasteiger partial charge in [0, 0.05) is 45.4 Å². The Labute approximate surface area is 103 Å². The van der Waals surface area contributed by atoms with Crippen molar-refractivity contribution in [2.24, 2.45) is 7.05 Å². The van der Waals surface area contributed by atoms with Gasteiger partial charge in [-0.05, 0) is 0 Å². The maximum absolute atomic E-state index is 11.6. The highest BCUT2D eigenvalue weighted by atomic mass is 16.2. The molecule has 1 fully saturated rings. The number of rotatable bonds is 4. The number of hydrogen-bond acceptors (Lipinski definition) is 5. The van der Waals surface area contributed by atoms with Crippen molar-refractivity contribution in [2.75, 3.05) is 18.4 Å². The van der Waals surface area contributed by atoms with E-state index in [2.05, 4.69) is 10.3 Å². The Bertz CT molecular complexity index is 521. The van der Waals surface area contributed by atoms with Crippen molar-refractivity contribution in [1.29, 1.82) is 0 Å². The fourth-order valence-electron chi connectivity index (χ4n) is 1.78. The normalized spacial score (nSPS) is 15.3. The number of nitrogens with zero attached hydrogens (tertiary/aromatic N) is 3. The quantitative estimate of drug-likeness (QED) is 0.717. The summed E-state index contributed by atoms with van der Waals surface area (Å²) in [6.45, 7) is 0.584. The second-order valence-corrected chi connectivity index (χ2v) is 4.06. The van der Waals surface area contributed by atoms with Crippen molar-refractivity contribution in [3.8, 4) is 0 Å². The van der Waals surface area contributed by atoms with Crippen molar-refractivity contribution in [3.05, 3.63) is 22.7 Å². The SMILES string of the molecule is Cn1ccnc(NCCN2C(=O)CCC2=O)c1=O. The summed E-state index contributed by atoms with van der Waals surface area (Å²) in [7, 11) is 1.63. The van der Waals surface area contributed by atoms with E-state index in [9.17, 15) is 14.4 Å². The summed E-state index contributed by atoms with van der Waals surface area (Å²) in [6, 6.07) is 0. The number of aromatic nitrogens is 2. The van der Waals surface area contributed by atoms with Gasteiger partial charge in [0.05, 0.1) is 0 Å². The van der Waals surface area contributed by atoms with Crippen molar-refractivity contribution >= 4 is 17.6 Å². The van der Waals surface area contributed by atoms with Crippen LogP contribution < -0.4 is 10.9 Å². The van der Waals surface area contributed by atoms with E-state index in [4.69, 9.17) is 0 Å². The third kappa shape index (κ3) is 2.39. The van der Waals surface area contributed by atoms with E-state index in [1.54, 1.807) is 13.2 Å². The van der Waals surface area contributed by atoms with Gasteiger partial charge in [0.25, 0.3) is 5.56 Å². The molecule has 2 amide bonds. The van der Waals surface area contributed by atoms with Crippen LogP contribution in [0.1, 0.15) is 12.8 Å². The van der Waals surface area contributed by atoms with Crippen LogP contribution in [-0.4, -0.2) is 39.4 Å². The summed E-state index contributed by atoms with van der Waals surface area (Å²) in [5, 5.41) is 2.83. The molecule has 7 nitrogen and oxygen atoms in total. The number of imide groups is 1. The number of amides is 2. The largest absolute Gasteiger partial charge is 0.364 e. The first-order chi connectivity index (χ1) is 8.59. The average molecular weight is 250 g/mol. The molecule has 1 aromatic rings.